The Hall–Kier alpha value is -1.51. The molecule has 1 unspecified atom stereocenters. The quantitative estimate of drug-likeness (QED) is 0.672. The zero-order valence-electron chi connectivity index (χ0n) is 10.4. The molecule has 3 nitrogen and oxygen atoms in total. The summed E-state index contributed by atoms with van der Waals surface area (Å²) in [5.41, 5.74) is 6.21. The van der Waals surface area contributed by atoms with Crippen molar-refractivity contribution >= 4 is 5.91 Å². The third-order valence-electron chi connectivity index (χ3n) is 2.18. The van der Waals surface area contributed by atoms with Gasteiger partial charge in [0.25, 0.3) is 0 Å². The van der Waals surface area contributed by atoms with Gasteiger partial charge >= 0.3 is 0 Å². The van der Waals surface area contributed by atoms with Gasteiger partial charge in [-0.05, 0) is 25.3 Å². The van der Waals surface area contributed by atoms with E-state index in [4.69, 9.17) is 5.73 Å². The summed E-state index contributed by atoms with van der Waals surface area (Å²) in [6, 6.07) is -0.339. The third kappa shape index (κ3) is 4.82. The van der Waals surface area contributed by atoms with E-state index in [1.54, 1.807) is 23.3 Å². The van der Waals surface area contributed by atoms with E-state index >= 15 is 0 Å². The number of nitrogens with zero attached hydrogens (tertiary/aromatic N) is 1. The van der Waals surface area contributed by atoms with E-state index in [1.165, 1.54) is 0 Å². The van der Waals surface area contributed by atoms with Crippen LogP contribution >= 0.6 is 0 Å². The molecule has 0 bridgehead atoms. The van der Waals surface area contributed by atoms with Crippen LogP contribution in [0.5, 0.6) is 0 Å². The molecule has 0 aliphatic carbocycles. The minimum atomic E-state index is -0.339. The minimum Gasteiger partial charge on any atom is -0.368 e. The summed E-state index contributed by atoms with van der Waals surface area (Å²) >= 11 is 0. The van der Waals surface area contributed by atoms with Gasteiger partial charge in [-0.1, -0.05) is 33.1 Å². The zero-order valence-corrected chi connectivity index (χ0v) is 10.4. The van der Waals surface area contributed by atoms with Crippen LogP contribution in [0.25, 0.3) is 0 Å². The van der Waals surface area contributed by atoms with Gasteiger partial charge in [-0.25, -0.2) is 0 Å². The average molecular weight is 222 g/mol. The summed E-state index contributed by atoms with van der Waals surface area (Å²) in [6.45, 7) is 13.4. The highest BCUT2D eigenvalue weighted by Crippen LogP contribution is 2.16. The summed E-state index contributed by atoms with van der Waals surface area (Å²) in [6.07, 6.45) is 5.92. The predicted octanol–water partition coefficient (Wildman–Crippen LogP) is 2.42. The lowest BCUT2D eigenvalue weighted by Crippen LogP contribution is -2.41. The molecule has 0 aromatic rings. The molecule has 1 atom stereocenters. The van der Waals surface area contributed by atoms with Gasteiger partial charge < -0.3 is 10.6 Å². The molecule has 0 radical (unpaired) electrons. The first kappa shape index (κ1) is 14.5. The molecule has 0 saturated heterocycles. The van der Waals surface area contributed by atoms with Crippen molar-refractivity contribution in [3.63, 3.8) is 0 Å². The second-order valence-corrected chi connectivity index (χ2v) is 4.27. The Morgan fingerprint density at radius 2 is 2.06 bits per heavy atom. The molecule has 0 aromatic heterocycles. The maximum Gasteiger partial charge on any atom is 0.240 e. The van der Waals surface area contributed by atoms with Gasteiger partial charge in [0.05, 0.1) is 0 Å². The second-order valence-electron chi connectivity index (χ2n) is 4.27. The molecule has 0 heterocycles. The molecule has 0 rings (SSSR count). The van der Waals surface area contributed by atoms with Crippen LogP contribution in [-0.4, -0.2) is 16.8 Å². The Balaban J connectivity index is 4.93. The minimum absolute atomic E-state index is 0.328. The summed E-state index contributed by atoms with van der Waals surface area (Å²) in [5, 5.41) is 0. The normalized spacial score (nSPS) is 12.8. The molecule has 0 aromatic carbocycles. The molecule has 0 fully saturated rings. The summed E-state index contributed by atoms with van der Waals surface area (Å²) in [4.78, 5) is 13.2. The summed E-state index contributed by atoms with van der Waals surface area (Å²) in [5.74, 6) is 0.0712. The highest BCUT2D eigenvalue weighted by atomic mass is 16.1. The Morgan fingerprint density at radius 1 is 1.50 bits per heavy atom. The van der Waals surface area contributed by atoms with Crippen LogP contribution in [0.2, 0.25) is 0 Å². The molecule has 0 aliphatic rings. The number of primary amides is 1. The lowest BCUT2D eigenvalue weighted by atomic mass is 10.0. The largest absolute Gasteiger partial charge is 0.368 e. The van der Waals surface area contributed by atoms with Crippen molar-refractivity contribution in [1.29, 1.82) is 0 Å². The van der Waals surface area contributed by atoms with E-state index in [-0.39, 0.29) is 11.9 Å². The highest BCUT2D eigenvalue weighted by molar-refractivity contribution is 5.80. The molecule has 0 spiro atoms. The SMILES string of the molecule is C=C/C=C\N(C(=C)C)C(CC(C)C)C(N)=O. The second kappa shape index (κ2) is 6.88. The Morgan fingerprint density at radius 3 is 2.38 bits per heavy atom. The van der Waals surface area contributed by atoms with Crippen LogP contribution in [0, 0.1) is 5.92 Å². The molecular formula is C13H22N2O. The topological polar surface area (TPSA) is 46.3 Å². The van der Waals surface area contributed by atoms with Crippen molar-refractivity contribution in [1.82, 2.24) is 4.90 Å². The van der Waals surface area contributed by atoms with Crippen molar-refractivity contribution in [2.45, 2.75) is 33.2 Å². The average Bonchev–Trinajstić information content (AvgIpc) is 2.15. The number of hydrogen-bond acceptors (Lipinski definition) is 2. The fourth-order valence-electron chi connectivity index (χ4n) is 1.46. The molecule has 3 heteroatoms. The van der Waals surface area contributed by atoms with Crippen LogP contribution in [-0.2, 0) is 4.79 Å². The third-order valence-corrected chi connectivity index (χ3v) is 2.18. The van der Waals surface area contributed by atoms with Gasteiger partial charge in [-0.15, -0.1) is 0 Å². The number of nitrogens with two attached hydrogens (primary N) is 1. The molecule has 16 heavy (non-hydrogen) atoms. The molecule has 1 amide bonds. The number of carbonyl (C=O) groups excluding carboxylic acids is 1. The Labute approximate surface area is 98.3 Å². The van der Waals surface area contributed by atoms with E-state index in [0.717, 1.165) is 5.70 Å². The number of allylic oxidation sites excluding steroid dienone is 3. The number of hydrogen-bond donors (Lipinski definition) is 1. The van der Waals surface area contributed by atoms with Gasteiger partial charge in [0.1, 0.15) is 6.04 Å². The maximum atomic E-state index is 11.4. The maximum absolute atomic E-state index is 11.4. The van der Waals surface area contributed by atoms with Crippen molar-refractivity contribution in [2.24, 2.45) is 11.7 Å². The fraction of sp³-hybridized carbons (Fsp3) is 0.462. The Kier molecular flexibility index (Phi) is 6.23. The van der Waals surface area contributed by atoms with E-state index in [9.17, 15) is 4.79 Å². The van der Waals surface area contributed by atoms with Crippen LogP contribution in [0.3, 0.4) is 0 Å². The van der Waals surface area contributed by atoms with Gasteiger partial charge in [0, 0.05) is 11.9 Å². The Bertz CT molecular complexity index is 292. The zero-order chi connectivity index (χ0) is 12.7. The van der Waals surface area contributed by atoms with E-state index in [0.29, 0.717) is 12.3 Å². The van der Waals surface area contributed by atoms with Gasteiger partial charge in [-0.3, -0.25) is 4.79 Å². The van der Waals surface area contributed by atoms with Crippen LogP contribution in [0.4, 0.5) is 0 Å². The summed E-state index contributed by atoms with van der Waals surface area (Å²) in [7, 11) is 0. The van der Waals surface area contributed by atoms with E-state index < -0.39 is 0 Å². The van der Waals surface area contributed by atoms with Crippen molar-refractivity contribution in [3.8, 4) is 0 Å². The standard InChI is InChI=1S/C13H22N2O/c1-6-7-8-15(11(4)5)12(13(14)16)9-10(2)3/h6-8,10,12H,1,4,9H2,2-3,5H3,(H2,14,16)/b8-7-. The number of amides is 1. The van der Waals surface area contributed by atoms with Gasteiger partial charge in [0.2, 0.25) is 5.91 Å². The van der Waals surface area contributed by atoms with Gasteiger partial charge in [-0.2, -0.15) is 0 Å². The number of carbonyl (C=O) groups is 1. The van der Waals surface area contributed by atoms with Crippen molar-refractivity contribution < 1.29 is 4.79 Å². The van der Waals surface area contributed by atoms with Crippen molar-refractivity contribution in [2.75, 3.05) is 0 Å². The van der Waals surface area contributed by atoms with Crippen molar-refractivity contribution in [3.05, 3.63) is 37.2 Å². The van der Waals surface area contributed by atoms with Crippen LogP contribution in [0.15, 0.2) is 37.2 Å². The first-order valence-electron chi connectivity index (χ1n) is 5.42. The molecule has 0 saturated carbocycles. The van der Waals surface area contributed by atoms with Crippen LogP contribution in [0.1, 0.15) is 27.2 Å². The predicted molar refractivity (Wildman–Crippen MR) is 68.4 cm³/mol. The van der Waals surface area contributed by atoms with E-state index in [2.05, 4.69) is 27.0 Å². The summed E-state index contributed by atoms with van der Waals surface area (Å²) < 4.78 is 0. The lowest BCUT2D eigenvalue weighted by molar-refractivity contribution is -0.122. The smallest absolute Gasteiger partial charge is 0.240 e. The molecule has 90 valence electrons. The first-order valence-corrected chi connectivity index (χ1v) is 5.42. The van der Waals surface area contributed by atoms with Crippen LogP contribution < -0.4 is 5.73 Å². The highest BCUT2D eigenvalue weighted by Gasteiger charge is 2.22. The van der Waals surface area contributed by atoms with E-state index in [1.807, 2.05) is 6.92 Å². The monoisotopic (exact) mass is 222 g/mol. The molecule has 0 aliphatic heterocycles. The number of rotatable bonds is 7. The van der Waals surface area contributed by atoms with Gasteiger partial charge in [0.15, 0.2) is 0 Å². The molecule has 2 N–H and O–H groups in total. The fourth-order valence-corrected chi connectivity index (χ4v) is 1.46. The molecular weight excluding hydrogens is 200 g/mol. The first-order chi connectivity index (χ1) is 7.40. The lowest BCUT2D eigenvalue weighted by Gasteiger charge is -2.29.